The molecule has 0 unspecified atom stereocenters. The number of rotatable bonds is 4. The van der Waals surface area contributed by atoms with E-state index >= 15 is 0 Å². The van der Waals surface area contributed by atoms with E-state index in [2.05, 4.69) is 34.7 Å². The lowest BCUT2D eigenvalue weighted by molar-refractivity contribution is 0.0630. The topological polar surface area (TPSA) is 23.6 Å². The molecule has 0 atom stereocenters. The Morgan fingerprint density at radius 2 is 1.90 bits per heavy atom. The Morgan fingerprint density at radius 3 is 2.48 bits per heavy atom. The highest BCUT2D eigenvalue weighted by Gasteiger charge is 2.26. The molecule has 1 saturated heterocycles. The fraction of sp³-hybridized carbons (Fsp3) is 0.588. The maximum absolute atomic E-state index is 12.7. The summed E-state index contributed by atoms with van der Waals surface area (Å²) in [5, 5.41) is 0. The van der Waals surface area contributed by atoms with Crippen molar-refractivity contribution in [2.24, 2.45) is 0 Å². The first kappa shape index (κ1) is 16.5. The molecule has 4 heteroatoms. The van der Waals surface area contributed by atoms with Gasteiger partial charge in [-0.3, -0.25) is 4.79 Å². The number of carbonyl (C=O) groups excluding carboxylic acids is 1. The molecule has 1 aliphatic rings. The number of piperidine rings is 1. The molecule has 21 heavy (non-hydrogen) atoms. The summed E-state index contributed by atoms with van der Waals surface area (Å²) in [4.78, 5) is 17.2. The van der Waals surface area contributed by atoms with Crippen LogP contribution in [0.2, 0.25) is 0 Å². The number of amides is 1. The fourth-order valence-corrected chi connectivity index (χ4v) is 3.53. The summed E-state index contributed by atoms with van der Waals surface area (Å²) in [6, 6.07) is 6.56. The lowest BCUT2D eigenvalue weighted by atomic mass is 10.0. The summed E-state index contributed by atoms with van der Waals surface area (Å²) in [7, 11) is 0. The van der Waals surface area contributed by atoms with Crippen LogP contribution in [0.15, 0.2) is 22.7 Å². The van der Waals surface area contributed by atoms with Crippen molar-refractivity contribution in [3.05, 3.63) is 33.8 Å². The van der Waals surface area contributed by atoms with Crippen LogP contribution >= 0.6 is 15.9 Å². The molecule has 1 aliphatic heterocycles. The van der Waals surface area contributed by atoms with E-state index in [9.17, 15) is 4.79 Å². The Bertz CT molecular complexity index is 492. The molecule has 0 spiro atoms. The quantitative estimate of drug-likeness (QED) is 0.824. The SMILES string of the molecule is CCN(CC)C1CCN(C(=O)c2cc(Br)ccc2C)CC1. The van der Waals surface area contributed by atoms with Crippen LogP contribution in [-0.2, 0) is 0 Å². The van der Waals surface area contributed by atoms with Crippen molar-refractivity contribution in [1.82, 2.24) is 9.80 Å². The third kappa shape index (κ3) is 3.86. The molecular formula is C17H25BrN2O. The molecule has 0 bridgehead atoms. The van der Waals surface area contributed by atoms with Crippen molar-refractivity contribution in [2.45, 2.75) is 39.7 Å². The smallest absolute Gasteiger partial charge is 0.254 e. The Hall–Kier alpha value is -0.870. The number of carbonyl (C=O) groups is 1. The van der Waals surface area contributed by atoms with Crippen LogP contribution in [0.3, 0.4) is 0 Å². The van der Waals surface area contributed by atoms with Crippen molar-refractivity contribution in [2.75, 3.05) is 26.2 Å². The second-order valence-corrected chi connectivity index (χ2v) is 6.62. The number of likely N-dealkylation sites (tertiary alicyclic amines) is 1. The standard InChI is InChI=1S/C17H25BrN2O/c1-4-19(5-2)15-8-10-20(11-9-15)17(21)16-12-14(18)7-6-13(16)3/h6-7,12,15H,4-5,8-11H2,1-3H3. The summed E-state index contributed by atoms with van der Waals surface area (Å²) >= 11 is 3.46. The molecule has 0 aromatic heterocycles. The van der Waals surface area contributed by atoms with Gasteiger partial charge < -0.3 is 9.80 Å². The number of nitrogens with zero attached hydrogens (tertiary/aromatic N) is 2. The fourth-order valence-electron chi connectivity index (χ4n) is 3.17. The van der Waals surface area contributed by atoms with E-state index in [-0.39, 0.29) is 5.91 Å². The van der Waals surface area contributed by atoms with Gasteiger partial charge in [-0.05, 0) is 50.6 Å². The predicted molar refractivity (Wildman–Crippen MR) is 90.7 cm³/mol. The highest BCUT2D eigenvalue weighted by atomic mass is 79.9. The van der Waals surface area contributed by atoms with E-state index in [0.29, 0.717) is 6.04 Å². The maximum Gasteiger partial charge on any atom is 0.254 e. The second-order valence-electron chi connectivity index (χ2n) is 5.70. The molecule has 3 nitrogen and oxygen atoms in total. The van der Waals surface area contributed by atoms with Gasteiger partial charge >= 0.3 is 0 Å². The van der Waals surface area contributed by atoms with Crippen molar-refractivity contribution in [3.8, 4) is 0 Å². The minimum absolute atomic E-state index is 0.173. The molecular weight excluding hydrogens is 328 g/mol. The zero-order valence-electron chi connectivity index (χ0n) is 13.2. The first-order chi connectivity index (χ1) is 10.1. The van der Waals surface area contributed by atoms with E-state index in [1.807, 2.05) is 30.0 Å². The average molecular weight is 353 g/mol. The number of halogens is 1. The van der Waals surface area contributed by atoms with Gasteiger partial charge in [-0.25, -0.2) is 0 Å². The Labute approximate surface area is 136 Å². The van der Waals surface area contributed by atoms with Crippen molar-refractivity contribution < 1.29 is 4.79 Å². The number of hydrogen-bond donors (Lipinski definition) is 0. The van der Waals surface area contributed by atoms with Gasteiger partial charge in [-0.2, -0.15) is 0 Å². The molecule has 0 saturated carbocycles. The van der Waals surface area contributed by atoms with Gasteiger partial charge in [0.05, 0.1) is 0 Å². The zero-order valence-corrected chi connectivity index (χ0v) is 14.8. The van der Waals surface area contributed by atoms with Gasteiger partial charge in [-0.1, -0.05) is 35.8 Å². The van der Waals surface area contributed by atoms with Gasteiger partial charge in [0.25, 0.3) is 5.91 Å². The predicted octanol–water partition coefficient (Wildman–Crippen LogP) is 3.70. The molecule has 0 N–H and O–H groups in total. The van der Waals surface area contributed by atoms with Crippen LogP contribution in [0.5, 0.6) is 0 Å². The number of hydrogen-bond acceptors (Lipinski definition) is 2. The van der Waals surface area contributed by atoms with Gasteiger partial charge in [0.1, 0.15) is 0 Å². The van der Waals surface area contributed by atoms with Crippen molar-refractivity contribution >= 4 is 21.8 Å². The lowest BCUT2D eigenvalue weighted by Crippen LogP contribution is -2.46. The molecule has 2 rings (SSSR count). The number of aryl methyl sites for hydroxylation is 1. The second kappa shape index (κ2) is 7.41. The van der Waals surface area contributed by atoms with Crippen LogP contribution in [0, 0.1) is 6.92 Å². The summed E-state index contributed by atoms with van der Waals surface area (Å²) in [6.45, 7) is 10.4. The Morgan fingerprint density at radius 1 is 1.29 bits per heavy atom. The minimum atomic E-state index is 0.173. The molecule has 116 valence electrons. The van der Waals surface area contributed by atoms with Crippen LogP contribution < -0.4 is 0 Å². The Balaban J connectivity index is 2.02. The van der Waals surface area contributed by atoms with E-state index in [1.165, 1.54) is 0 Å². The Kier molecular flexibility index (Phi) is 5.82. The van der Waals surface area contributed by atoms with Gasteiger partial charge in [0.15, 0.2) is 0 Å². The normalized spacial score (nSPS) is 16.5. The van der Waals surface area contributed by atoms with Gasteiger partial charge in [0.2, 0.25) is 0 Å². The third-order valence-electron chi connectivity index (χ3n) is 4.51. The van der Waals surface area contributed by atoms with Crippen LogP contribution in [0.1, 0.15) is 42.6 Å². The summed E-state index contributed by atoms with van der Waals surface area (Å²) in [6.07, 6.45) is 2.17. The van der Waals surface area contributed by atoms with Gasteiger partial charge in [0, 0.05) is 29.2 Å². The maximum atomic E-state index is 12.7. The van der Waals surface area contributed by atoms with Crippen molar-refractivity contribution in [1.29, 1.82) is 0 Å². The molecule has 0 aliphatic carbocycles. The zero-order chi connectivity index (χ0) is 15.4. The van der Waals surface area contributed by atoms with Crippen LogP contribution in [-0.4, -0.2) is 47.9 Å². The van der Waals surface area contributed by atoms with E-state index in [0.717, 1.165) is 54.6 Å². The summed E-state index contributed by atoms with van der Waals surface area (Å²) < 4.78 is 0.967. The van der Waals surface area contributed by atoms with Crippen LogP contribution in [0.4, 0.5) is 0 Å². The monoisotopic (exact) mass is 352 g/mol. The van der Waals surface area contributed by atoms with Crippen LogP contribution in [0.25, 0.3) is 0 Å². The largest absolute Gasteiger partial charge is 0.339 e. The molecule has 1 aromatic rings. The molecule has 1 fully saturated rings. The summed E-state index contributed by atoms with van der Waals surface area (Å²) in [5.41, 5.74) is 1.87. The molecule has 1 amide bonds. The van der Waals surface area contributed by atoms with E-state index in [4.69, 9.17) is 0 Å². The van der Waals surface area contributed by atoms with Crippen molar-refractivity contribution in [3.63, 3.8) is 0 Å². The lowest BCUT2D eigenvalue weighted by Gasteiger charge is -2.37. The first-order valence-electron chi connectivity index (χ1n) is 7.86. The molecule has 0 radical (unpaired) electrons. The number of benzene rings is 1. The third-order valence-corrected chi connectivity index (χ3v) is 5.00. The summed E-state index contributed by atoms with van der Waals surface area (Å²) in [5.74, 6) is 0.173. The van der Waals surface area contributed by atoms with E-state index in [1.54, 1.807) is 0 Å². The van der Waals surface area contributed by atoms with Gasteiger partial charge in [-0.15, -0.1) is 0 Å². The first-order valence-corrected chi connectivity index (χ1v) is 8.65. The average Bonchev–Trinajstić information content (AvgIpc) is 2.51. The highest BCUT2D eigenvalue weighted by Crippen LogP contribution is 2.21. The van der Waals surface area contributed by atoms with E-state index < -0.39 is 0 Å². The molecule has 1 heterocycles. The molecule has 1 aromatic carbocycles. The highest BCUT2D eigenvalue weighted by molar-refractivity contribution is 9.10. The minimum Gasteiger partial charge on any atom is -0.339 e.